The standard InChI is InChI=1S/C15H15BrI/c1-10-8-11(2)15(12(3)9-10)17-14-6-4-13(16)5-7-14/h4-9H,1-3H3/q-1. The van der Waals surface area contributed by atoms with Crippen LogP contribution in [0.15, 0.2) is 40.9 Å². The summed E-state index contributed by atoms with van der Waals surface area (Å²) in [6.45, 7) is 6.63. The molecule has 2 rings (SSSR count). The molecule has 0 aromatic heterocycles. The first-order valence-corrected chi connectivity index (χ1v) is 8.49. The van der Waals surface area contributed by atoms with Gasteiger partial charge in [-0.15, -0.1) is 0 Å². The molecule has 17 heavy (non-hydrogen) atoms. The van der Waals surface area contributed by atoms with Gasteiger partial charge in [0.15, 0.2) is 0 Å². The van der Waals surface area contributed by atoms with Crippen molar-refractivity contribution in [3.05, 3.63) is 64.7 Å². The molecule has 0 fully saturated rings. The molecule has 2 heteroatoms. The maximum atomic E-state index is 3.48. The van der Waals surface area contributed by atoms with Gasteiger partial charge in [0.05, 0.1) is 0 Å². The van der Waals surface area contributed by atoms with Crippen LogP contribution in [-0.2, 0) is 0 Å². The molecule has 2 aromatic rings. The van der Waals surface area contributed by atoms with Crippen molar-refractivity contribution in [2.24, 2.45) is 0 Å². The Morgan fingerprint density at radius 3 is 1.94 bits per heavy atom. The molecule has 0 aliphatic carbocycles. The summed E-state index contributed by atoms with van der Waals surface area (Å²) in [5.41, 5.74) is 4.25. The van der Waals surface area contributed by atoms with Gasteiger partial charge < -0.3 is 0 Å². The second kappa shape index (κ2) is 5.53. The number of rotatable bonds is 2. The van der Waals surface area contributed by atoms with Crippen LogP contribution in [0.3, 0.4) is 0 Å². The summed E-state index contributed by atoms with van der Waals surface area (Å²) in [7, 11) is 0. The molecule has 2 aromatic carbocycles. The Morgan fingerprint density at radius 2 is 1.41 bits per heavy atom. The Balaban J connectivity index is 2.33. The third-order valence-corrected chi connectivity index (χ3v) is 6.70. The zero-order valence-electron chi connectivity index (χ0n) is 10.2. The molecular weight excluding hydrogens is 387 g/mol. The maximum absolute atomic E-state index is 3.48. The predicted octanol–water partition coefficient (Wildman–Crippen LogP) is 1.50. The van der Waals surface area contributed by atoms with Gasteiger partial charge >= 0.3 is 123 Å². The SMILES string of the molecule is Cc1cc(C)c([I-]c2ccc(Br)cc2)c(C)c1. The Hall–Kier alpha value is -0.350. The van der Waals surface area contributed by atoms with Gasteiger partial charge in [-0.2, -0.15) is 0 Å². The van der Waals surface area contributed by atoms with Gasteiger partial charge in [-0.3, -0.25) is 0 Å². The predicted molar refractivity (Wildman–Crippen MR) is 72.2 cm³/mol. The molecule has 0 saturated carbocycles. The summed E-state index contributed by atoms with van der Waals surface area (Å²) in [5, 5.41) is 0. The third kappa shape index (κ3) is 3.32. The van der Waals surface area contributed by atoms with E-state index in [4.69, 9.17) is 0 Å². The summed E-state index contributed by atoms with van der Waals surface area (Å²) in [5.74, 6) is 0. The van der Waals surface area contributed by atoms with E-state index in [1.165, 1.54) is 20.3 Å². The molecule has 0 radical (unpaired) electrons. The molecule has 0 aliphatic rings. The van der Waals surface area contributed by atoms with Gasteiger partial charge in [0.1, 0.15) is 0 Å². The first kappa shape index (κ1) is 13.1. The van der Waals surface area contributed by atoms with Crippen LogP contribution in [0.1, 0.15) is 16.7 Å². The summed E-state index contributed by atoms with van der Waals surface area (Å²) < 4.78 is 4.20. The van der Waals surface area contributed by atoms with Crippen LogP contribution < -0.4 is 21.2 Å². The normalized spacial score (nSPS) is 10.8. The summed E-state index contributed by atoms with van der Waals surface area (Å²) in [6.07, 6.45) is 0. The zero-order valence-corrected chi connectivity index (χ0v) is 14.0. The van der Waals surface area contributed by atoms with Gasteiger partial charge in [-0.05, 0) is 0 Å². The van der Waals surface area contributed by atoms with Gasteiger partial charge in [0.25, 0.3) is 0 Å². The van der Waals surface area contributed by atoms with Crippen LogP contribution in [0.5, 0.6) is 0 Å². The van der Waals surface area contributed by atoms with Crippen LogP contribution >= 0.6 is 15.9 Å². The zero-order chi connectivity index (χ0) is 12.4. The van der Waals surface area contributed by atoms with Crippen molar-refractivity contribution in [3.63, 3.8) is 0 Å². The van der Waals surface area contributed by atoms with Crippen LogP contribution in [-0.4, -0.2) is 0 Å². The van der Waals surface area contributed by atoms with Crippen LogP contribution in [0, 0.1) is 27.9 Å². The van der Waals surface area contributed by atoms with E-state index in [-0.39, 0.29) is 21.2 Å². The van der Waals surface area contributed by atoms with Crippen molar-refractivity contribution in [1.29, 1.82) is 0 Å². The van der Waals surface area contributed by atoms with Crippen molar-refractivity contribution in [3.8, 4) is 0 Å². The molecule has 0 bridgehead atoms. The molecule has 0 unspecified atom stereocenters. The average Bonchev–Trinajstić information content (AvgIpc) is 2.26. The van der Waals surface area contributed by atoms with Crippen LogP contribution in [0.4, 0.5) is 0 Å². The van der Waals surface area contributed by atoms with Crippen molar-refractivity contribution in [2.45, 2.75) is 20.8 Å². The van der Waals surface area contributed by atoms with E-state index in [1.54, 1.807) is 3.57 Å². The quantitative estimate of drug-likeness (QED) is 0.669. The second-order valence-electron chi connectivity index (χ2n) is 4.24. The summed E-state index contributed by atoms with van der Waals surface area (Å²) in [4.78, 5) is 0. The van der Waals surface area contributed by atoms with Gasteiger partial charge in [0, 0.05) is 0 Å². The minimum absolute atomic E-state index is 0.0611. The van der Waals surface area contributed by atoms with Crippen molar-refractivity contribution >= 4 is 15.9 Å². The molecule has 0 amide bonds. The number of aryl methyl sites for hydroxylation is 3. The number of halogens is 2. The molecule has 0 nitrogen and oxygen atoms in total. The third-order valence-electron chi connectivity index (χ3n) is 2.59. The minimum atomic E-state index is -0.0611. The van der Waals surface area contributed by atoms with Crippen LogP contribution in [0.25, 0.3) is 0 Å². The molecule has 0 saturated heterocycles. The average molecular weight is 402 g/mol. The van der Waals surface area contributed by atoms with E-state index in [2.05, 4.69) is 73.1 Å². The summed E-state index contributed by atoms with van der Waals surface area (Å²) in [6, 6.07) is 13.3. The number of benzene rings is 2. The Bertz CT molecular complexity index is 506. The van der Waals surface area contributed by atoms with Crippen molar-refractivity contribution in [2.75, 3.05) is 0 Å². The Kier molecular flexibility index (Phi) is 4.26. The van der Waals surface area contributed by atoms with Gasteiger partial charge in [0.2, 0.25) is 0 Å². The molecule has 0 spiro atoms. The molecular formula is C15H15BrI-. The van der Waals surface area contributed by atoms with Crippen molar-refractivity contribution in [1.82, 2.24) is 0 Å². The van der Waals surface area contributed by atoms with Crippen molar-refractivity contribution < 1.29 is 21.2 Å². The van der Waals surface area contributed by atoms with Crippen LogP contribution in [0.2, 0.25) is 0 Å². The molecule has 0 atom stereocenters. The fourth-order valence-electron chi connectivity index (χ4n) is 1.91. The topological polar surface area (TPSA) is 0 Å². The molecule has 0 aliphatic heterocycles. The van der Waals surface area contributed by atoms with E-state index in [9.17, 15) is 0 Å². The van der Waals surface area contributed by atoms with Gasteiger partial charge in [-0.1, -0.05) is 0 Å². The first-order valence-electron chi connectivity index (χ1n) is 5.54. The fraction of sp³-hybridized carbons (Fsp3) is 0.200. The Labute approximate surface area is 122 Å². The van der Waals surface area contributed by atoms with E-state index in [1.807, 2.05) is 0 Å². The fourth-order valence-corrected chi connectivity index (χ4v) is 4.68. The number of hydrogen-bond acceptors (Lipinski definition) is 0. The van der Waals surface area contributed by atoms with E-state index >= 15 is 0 Å². The molecule has 90 valence electrons. The number of hydrogen-bond donors (Lipinski definition) is 0. The molecule has 0 N–H and O–H groups in total. The van der Waals surface area contributed by atoms with E-state index in [0.29, 0.717) is 0 Å². The summed E-state index contributed by atoms with van der Waals surface area (Å²) >= 11 is 3.42. The monoisotopic (exact) mass is 401 g/mol. The van der Waals surface area contributed by atoms with E-state index in [0.717, 1.165) is 4.47 Å². The first-order chi connectivity index (χ1) is 8.06. The molecule has 0 heterocycles. The van der Waals surface area contributed by atoms with Gasteiger partial charge in [-0.25, -0.2) is 0 Å². The van der Waals surface area contributed by atoms with E-state index < -0.39 is 0 Å². The second-order valence-corrected chi connectivity index (χ2v) is 8.02. The Morgan fingerprint density at radius 1 is 0.882 bits per heavy atom.